The standard InChI is InChI=1S/C12H18BrNO/c1-4-12(3,15)8-14-11-6-9(2)5-10(13)7-11/h5-7,14-15H,4,8H2,1-3H3. The van der Waals surface area contributed by atoms with E-state index < -0.39 is 5.60 Å². The summed E-state index contributed by atoms with van der Waals surface area (Å²) >= 11 is 3.45. The fourth-order valence-electron chi connectivity index (χ4n) is 1.26. The Morgan fingerprint density at radius 2 is 2.07 bits per heavy atom. The number of halogens is 1. The zero-order valence-electron chi connectivity index (χ0n) is 9.47. The Morgan fingerprint density at radius 3 is 2.60 bits per heavy atom. The predicted octanol–water partition coefficient (Wildman–Crippen LogP) is 3.33. The Kier molecular flexibility index (Phi) is 4.17. The Morgan fingerprint density at radius 1 is 1.40 bits per heavy atom. The molecule has 0 bridgehead atoms. The van der Waals surface area contributed by atoms with E-state index in [4.69, 9.17) is 0 Å². The maximum atomic E-state index is 9.85. The summed E-state index contributed by atoms with van der Waals surface area (Å²) in [6.45, 7) is 6.44. The van der Waals surface area contributed by atoms with Crippen LogP contribution >= 0.6 is 15.9 Å². The molecule has 1 atom stereocenters. The van der Waals surface area contributed by atoms with Gasteiger partial charge in [-0.05, 0) is 44.0 Å². The average Bonchev–Trinajstić information content (AvgIpc) is 2.14. The summed E-state index contributed by atoms with van der Waals surface area (Å²) in [6, 6.07) is 6.14. The first kappa shape index (κ1) is 12.5. The lowest BCUT2D eigenvalue weighted by molar-refractivity contribution is 0.0697. The number of rotatable bonds is 4. The highest BCUT2D eigenvalue weighted by Gasteiger charge is 2.16. The largest absolute Gasteiger partial charge is 0.388 e. The number of hydrogen-bond acceptors (Lipinski definition) is 2. The molecule has 1 rings (SSSR count). The normalized spacial score (nSPS) is 14.7. The SMILES string of the molecule is CCC(C)(O)CNc1cc(C)cc(Br)c1. The molecule has 0 saturated carbocycles. The van der Waals surface area contributed by atoms with Gasteiger partial charge >= 0.3 is 0 Å². The van der Waals surface area contributed by atoms with Gasteiger partial charge in [0.1, 0.15) is 0 Å². The van der Waals surface area contributed by atoms with E-state index in [1.54, 1.807) is 0 Å². The van der Waals surface area contributed by atoms with Crippen molar-refractivity contribution in [2.75, 3.05) is 11.9 Å². The fraction of sp³-hybridized carbons (Fsp3) is 0.500. The van der Waals surface area contributed by atoms with Crippen LogP contribution in [0.5, 0.6) is 0 Å². The van der Waals surface area contributed by atoms with Crippen LogP contribution in [-0.4, -0.2) is 17.3 Å². The van der Waals surface area contributed by atoms with Crippen LogP contribution in [0, 0.1) is 6.92 Å². The molecule has 0 aromatic heterocycles. The van der Waals surface area contributed by atoms with Gasteiger partial charge in [0.25, 0.3) is 0 Å². The van der Waals surface area contributed by atoms with Crippen LogP contribution in [0.1, 0.15) is 25.8 Å². The molecule has 2 nitrogen and oxygen atoms in total. The van der Waals surface area contributed by atoms with Gasteiger partial charge in [-0.1, -0.05) is 22.9 Å². The quantitative estimate of drug-likeness (QED) is 0.881. The third-order valence-electron chi connectivity index (χ3n) is 2.48. The zero-order valence-corrected chi connectivity index (χ0v) is 11.1. The van der Waals surface area contributed by atoms with Gasteiger partial charge in [0.15, 0.2) is 0 Å². The number of aliphatic hydroxyl groups is 1. The Hall–Kier alpha value is -0.540. The third kappa shape index (κ3) is 4.22. The van der Waals surface area contributed by atoms with Crippen molar-refractivity contribution in [2.24, 2.45) is 0 Å². The van der Waals surface area contributed by atoms with Crippen molar-refractivity contribution in [2.45, 2.75) is 32.8 Å². The molecule has 3 heteroatoms. The lowest BCUT2D eigenvalue weighted by Crippen LogP contribution is -2.32. The van der Waals surface area contributed by atoms with E-state index in [2.05, 4.69) is 33.4 Å². The minimum atomic E-state index is -0.643. The molecule has 0 saturated heterocycles. The molecule has 2 N–H and O–H groups in total. The van der Waals surface area contributed by atoms with Crippen molar-refractivity contribution in [1.29, 1.82) is 0 Å². The molecular weight excluding hydrogens is 254 g/mol. The molecule has 1 unspecified atom stereocenters. The molecule has 0 aliphatic heterocycles. The summed E-state index contributed by atoms with van der Waals surface area (Å²) in [7, 11) is 0. The number of nitrogens with one attached hydrogen (secondary N) is 1. The molecule has 1 aromatic rings. The second kappa shape index (κ2) is 4.99. The molecule has 15 heavy (non-hydrogen) atoms. The first-order chi connectivity index (χ1) is 6.93. The van der Waals surface area contributed by atoms with Gasteiger partial charge in [0.05, 0.1) is 5.60 Å². The number of aryl methyl sites for hydroxylation is 1. The summed E-state index contributed by atoms with van der Waals surface area (Å²) in [5.41, 5.74) is 1.59. The molecule has 0 fully saturated rings. The summed E-state index contributed by atoms with van der Waals surface area (Å²) < 4.78 is 1.06. The van der Waals surface area contributed by atoms with Crippen molar-refractivity contribution in [3.63, 3.8) is 0 Å². The van der Waals surface area contributed by atoms with Crippen molar-refractivity contribution < 1.29 is 5.11 Å². The predicted molar refractivity (Wildman–Crippen MR) is 68.3 cm³/mol. The molecule has 0 spiro atoms. The van der Waals surface area contributed by atoms with Crippen LogP contribution in [0.3, 0.4) is 0 Å². The van der Waals surface area contributed by atoms with Crippen LogP contribution in [-0.2, 0) is 0 Å². The van der Waals surface area contributed by atoms with E-state index in [0.29, 0.717) is 6.54 Å². The minimum Gasteiger partial charge on any atom is -0.388 e. The number of benzene rings is 1. The zero-order chi connectivity index (χ0) is 11.5. The second-order valence-electron chi connectivity index (χ2n) is 4.22. The molecule has 0 heterocycles. The van der Waals surface area contributed by atoms with Crippen molar-refractivity contribution in [1.82, 2.24) is 0 Å². The summed E-state index contributed by atoms with van der Waals surface area (Å²) in [6.07, 6.45) is 0.743. The second-order valence-corrected chi connectivity index (χ2v) is 5.14. The summed E-state index contributed by atoms with van der Waals surface area (Å²) in [5.74, 6) is 0. The van der Waals surface area contributed by atoms with E-state index in [0.717, 1.165) is 16.6 Å². The molecule has 0 amide bonds. The number of anilines is 1. The van der Waals surface area contributed by atoms with E-state index >= 15 is 0 Å². The topological polar surface area (TPSA) is 32.3 Å². The highest BCUT2D eigenvalue weighted by atomic mass is 79.9. The molecule has 84 valence electrons. The Labute approximate surface area is 99.8 Å². The first-order valence-corrected chi connectivity index (χ1v) is 5.96. The maximum absolute atomic E-state index is 9.85. The van der Waals surface area contributed by atoms with Gasteiger partial charge < -0.3 is 10.4 Å². The van der Waals surface area contributed by atoms with E-state index in [9.17, 15) is 5.11 Å². The third-order valence-corrected chi connectivity index (χ3v) is 2.93. The fourth-order valence-corrected chi connectivity index (χ4v) is 1.86. The van der Waals surface area contributed by atoms with Crippen LogP contribution < -0.4 is 5.32 Å². The van der Waals surface area contributed by atoms with Crippen molar-refractivity contribution in [3.05, 3.63) is 28.2 Å². The van der Waals surface area contributed by atoms with Gasteiger partial charge in [-0.25, -0.2) is 0 Å². The molecule has 0 radical (unpaired) electrons. The summed E-state index contributed by atoms with van der Waals surface area (Å²) in [5, 5.41) is 13.1. The monoisotopic (exact) mass is 271 g/mol. The lowest BCUT2D eigenvalue weighted by Gasteiger charge is -2.22. The van der Waals surface area contributed by atoms with Crippen molar-refractivity contribution >= 4 is 21.6 Å². The van der Waals surface area contributed by atoms with Crippen LogP contribution in [0.2, 0.25) is 0 Å². The molecular formula is C12H18BrNO. The first-order valence-electron chi connectivity index (χ1n) is 5.16. The highest BCUT2D eigenvalue weighted by molar-refractivity contribution is 9.10. The smallest absolute Gasteiger partial charge is 0.0788 e. The Bertz CT molecular complexity index is 316. The van der Waals surface area contributed by atoms with Crippen LogP contribution in [0.4, 0.5) is 5.69 Å². The number of hydrogen-bond donors (Lipinski definition) is 2. The van der Waals surface area contributed by atoms with Gasteiger partial charge in [0.2, 0.25) is 0 Å². The lowest BCUT2D eigenvalue weighted by atomic mass is 10.0. The summed E-state index contributed by atoms with van der Waals surface area (Å²) in [4.78, 5) is 0. The maximum Gasteiger partial charge on any atom is 0.0788 e. The van der Waals surface area contributed by atoms with Crippen molar-refractivity contribution in [3.8, 4) is 0 Å². The van der Waals surface area contributed by atoms with Gasteiger partial charge in [-0.3, -0.25) is 0 Å². The van der Waals surface area contributed by atoms with Gasteiger partial charge in [0, 0.05) is 16.7 Å². The molecule has 0 aliphatic rings. The van der Waals surface area contributed by atoms with Crippen LogP contribution in [0.15, 0.2) is 22.7 Å². The average molecular weight is 272 g/mol. The highest BCUT2D eigenvalue weighted by Crippen LogP contribution is 2.20. The van der Waals surface area contributed by atoms with Gasteiger partial charge in [-0.15, -0.1) is 0 Å². The molecule has 0 aliphatic carbocycles. The van der Waals surface area contributed by atoms with Gasteiger partial charge in [-0.2, -0.15) is 0 Å². The van der Waals surface area contributed by atoms with E-state index in [1.807, 2.05) is 26.8 Å². The minimum absolute atomic E-state index is 0.569. The van der Waals surface area contributed by atoms with E-state index in [1.165, 1.54) is 5.56 Å². The van der Waals surface area contributed by atoms with Crippen LogP contribution in [0.25, 0.3) is 0 Å². The van der Waals surface area contributed by atoms with E-state index in [-0.39, 0.29) is 0 Å². The molecule has 1 aromatic carbocycles. The Balaban J connectivity index is 2.65.